The van der Waals surface area contributed by atoms with Crippen LogP contribution in [0.2, 0.25) is 0 Å². The van der Waals surface area contributed by atoms with Gasteiger partial charge in [-0.3, -0.25) is 14.3 Å². The lowest BCUT2D eigenvalue weighted by atomic mass is 10.1. The molecule has 2 aromatic rings. The topological polar surface area (TPSA) is 102 Å². The van der Waals surface area contributed by atoms with Crippen molar-refractivity contribution in [2.75, 3.05) is 5.32 Å². The first-order valence-corrected chi connectivity index (χ1v) is 8.62. The number of nitrogens with two attached hydrogens (primary N) is 1. The molecule has 24 heavy (non-hydrogen) atoms. The molecule has 2 rings (SSSR count). The monoisotopic (exact) mass is 349 g/mol. The van der Waals surface area contributed by atoms with Crippen molar-refractivity contribution in [2.24, 2.45) is 5.73 Å². The predicted octanol–water partition coefficient (Wildman–Crippen LogP) is 1.92. The van der Waals surface area contributed by atoms with Crippen LogP contribution in [-0.4, -0.2) is 33.7 Å². The Balaban J connectivity index is 1.95. The molecular formula is C16H23N5O2S. The van der Waals surface area contributed by atoms with Gasteiger partial charge in [-0.25, -0.2) is 0 Å². The molecule has 4 N–H and O–H groups in total. The molecule has 0 unspecified atom stereocenters. The van der Waals surface area contributed by atoms with Gasteiger partial charge in [0.1, 0.15) is 5.00 Å². The van der Waals surface area contributed by atoms with E-state index in [1.54, 1.807) is 18.4 Å². The SMILES string of the molecule is Cc1cnn([C@H](C)[C@@H](C)N[C@H](C)C(=O)Nc2sccc2C(N)=O)c1. The lowest BCUT2D eigenvalue weighted by Crippen LogP contribution is -2.45. The van der Waals surface area contributed by atoms with E-state index in [1.165, 1.54) is 11.3 Å². The number of aromatic nitrogens is 2. The number of rotatable bonds is 7. The first kappa shape index (κ1) is 18.2. The number of carbonyl (C=O) groups excluding carboxylic acids is 2. The third-order valence-corrected chi connectivity index (χ3v) is 4.77. The first-order chi connectivity index (χ1) is 11.3. The highest BCUT2D eigenvalue weighted by Gasteiger charge is 2.22. The Bertz CT molecular complexity index is 724. The summed E-state index contributed by atoms with van der Waals surface area (Å²) in [6.07, 6.45) is 3.78. The van der Waals surface area contributed by atoms with E-state index in [4.69, 9.17) is 5.73 Å². The third-order valence-electron chi connectivity index (χ3n) is 3.95. The van der Waals surface area contributed by atoms with Crippen LogP contribution >= 0.6 is 11.3 Å². The largest absolute Gasteiger partial charge is 0.366 e. The quantitative estimate of drug-likeness (QED) is 0.710. The lowest BCUT2D eigenvalue weighted by Gasteiger charge is -2.25. The van der Waals surface area contributed by atoms with E-state index >= 15 is 0 Å². The molecule has 0 bridgehead atoms. The molecule has 2 amide bonds. The lowest BCUT2D eigenvalue weighted by molar-refractivity contribution is -0.118. The maximum absolute atomic E-state index is 12.3. The smallest absolute Gasteiger partial charge is 0.251 e. The van der Waals surface area contributed by atoms with Gasteiger partial charge in [-0.15, -0.1) is 11.3 Å². The second kappa shape index (κ2) is 7.59. The molecule has 2 aromatic heterocycles. The van der Waals surface area contributed by atoms with E-state index < -0.39 is 11.9 Å². The zero-order chi connectivity index (χ0) is 17.9. The molecule has 0 spiro atoms. The maximum atomic E-state index is 12.3. The van der Waals surface area contributed by atoms with Gasteiger partial charge in [0.25, 0.3) is 5.91 Å². The van der Waals surface area contributed by atoms with Gasteiger partial charge >= 0.3 is 0 Å². The minimum atomic E-state index is -0.553. The normalized spacial score (nSPS) is 14.8. The molecule has 0 saturated carbocycles. The Hall–Kier alpha value is -2.19. The van der Waals surface area contributed by atoms with Crippen molar-refractivity contribution in [3.63, 3.8) is 0 Å². The molecule has 7 nitrogen and oxygen atoms in total. The summed E-state index contributed by atoms with van der Waals surface area (Å²) in [5.41, 5.74) is 6.71. The number of primary amides is 1. The van der Waals surface area contributed by atoms with Crippen molar-refractivity contribution in [1.82, 2.24) is 15.1 Å². The number of hydrogen-bond donors (Lipinski definition) is 3. The zero-order valence-corrected chi connectivity index (χ0v) is 15.1. The summed E-state index contributed by atoms with van der Waals surface area (Å²) >= 11 is 1.27. The van der Waals surface area contributed by atoms with Gasteiger partial charge in [-0.1, -0.05) is 0 Å². The van der Waals surface area contributed by atoms with Gasteiger partial charge in [-0.2, -0.15) is 5.10 Å². The average Bonchev–Trinajstić information content (AvgIpc) is 3.15. The number of anilines is 1. The van der Waals surface area contributed by atoms with E-state index in [1.807, 2.05) is 37.8 Å². The van der Waals surface area contributed by atoms with Crippen molar-refractivity contribution >= 4 is 28.2 Å². The van der Waals surface area contributed by atoms with Crippen LogP contribution in [0.5, 0.6) is 0 Å². The van der Waals surface area contributed by atoms with Gasteiger partial charge in [-0.05, 0) is 44.7 Å². The highest BCUT2D eigenvalue weighted by atomic mass is 32.1. The van der Waals surface area contributed by atoms with Gasteiger partial charge in [0.2, 0.25) is 5.91 Å². The van der Waals surface area contributed by atoms with Crippen LogP contribution in [0.25, 0.3) is 0 Å². The third kappa shape index (κ3) is 4.21. The van der Waals surface area contributed by atoms with Crippen molar-refractivity contribution in [2.45, 2.75) is 45.8 Å². The highest BCUT2D eigenvalue weighted by Crippen LogP contribution is 2.22. The number of carbonyl (C=O) groups is 2. The maximum Gasteiger partial charge on any atom is 0.251 e. The van der Waals surface area contributed by atoms with Crippen molar-refractivity contribution < 1.29 is 9.59 Å². The minimum Gasteiger partial charge on any atom is -0.366 e. The highest BCUT2D eigenvalue weighted by molar-refractivity contribution is 7.14. The van der Waals surface area contributed by atoms with E-state index in [0.717, 1.165) is 5.56 Å². The van der Waals surface area contributed by atoms with E-state index in [0.29, 0.717) is 10.6 Å². The summed E-state index contributed by atoms with van der Waals surface area (Å²) in [7, 11) is 0. The summed E-state index contributed by atoms with van der Waals surface area (Å²) in [6, 6.07) is 1.30. The first-order valence-electron chi connectivity index (χ1n) is 7.74. The Morgan fingerprint density at radius 2 is 2.04 bits per heavy atom. The zero-order valence-electron chi connectivity index (χ0n) is 14.2. The number of amides is 2. The molecule has 0 aliphatic carbocycles. The molecule has 0 saturated heterocycles. The average molecular weight is 349 g/mol. The molecule has 3 atom stereocenters. The molecular weight excluding hydrogens is 326 g/mol. The Labute approximate surface area is 145 Å². The van der Waals surface area contributed by atoms with E-state index in [9.17, 15) is 9.59 Å². The Morgan fingerprint density at radius 1 is 1.33 bits per heavy atom. The fourth-order valence-electron chi connectivity index (χ4n) is 2.31. The van der Waals surface area contributed by atoms with Crippen molar-refractivity contribution in [3.8, 4) is 0 Å². The molecule has 0 aliphatic heterocycles. The summed E-state index contributed by atoms with van der Waals surface area (Å²) in [5, 5.41) is 12.5. The summed E-state index contributed by atoms with van der Waals surface area (Å²) < 4.78 is 1.88. The number of aryl methyl sites for hydroxylation is 1. The van der Waals surface area contributed by atoms with Crippen LogP contribution in [0.15, 0.2) is 23.8 Å². The summed E-state index contributed by atoms with van der Waals surface area (Å²) in [6.45, 7) is 7.82. The van der Waals surface area contributed by atoms with E-state index in [2.05, 4.69) is 15.7 Å². The standard InChI is InChI=1S/C16H23N5O2S/c1-9-7-18-21(8-9)12(4)10(2)19-11(3)15(23)20-16-13(14(17)22)5-6-24-16/h5-8,10-12,19H,1-4H3,(H2,17,22)(H,20,23)/t10-,11-,12-/m1/s1. The molecule has 8 heteroatoms. The molecule has 130 valence electrons. The molecule has 2 heterocycles. The van der Waals surface area contributed by atoms with Crippen LogP contribution in [0.4, 0.5) is 5.00 Å². The van der Waals surface area contributed by atoms with Crippen LogP contribution in [-0.2, 0) is 4.79 Å². The molecule has 0 fully saturated rings. The van der Waals surface area contributed by atoms with Gasteiger partial charge in [0.05, 0.1) is 23.8 Å². The number of nitrogens with zero attached hydrogens (tertiary/aromatic N) is 2. The molecule has 0 aliphatic rings. The fourth-order valence-corrected chi connectivity index (χ4v) is 3.11. The number of nitrogens with one attached hydrogen (secondary N) is 2. The van der Waals surface area contributed by atoms with Crippen LogP contribution in [0.3, 0.4) is 0 Å². The number of hydrogen-bond acceptors (Lipinski definition) is 5. The van der Waals surface area contributed by atoms with Gasteiger partial charge in [0.15, 0.2) is 0 Å². The van der Waals surface area contributed by atoms with Gasteiger partial charge < -0.3 is 16.4 Å². The minimum absolute atomic E-state index is 0.0315. The van der Waals surface area contributed by atoms with Crippen LogP contribution in [0.1, 0.15) is 42.7 Å². The van der Waals surface area contributed by atoms with Crippen LogP contribution < -0.4 is 16.4 Å². The van der Waals surface area contributed by atoms with Gasteiger partial charge in [0, 0.05) is 12.2 Å². The Morgan fingerprint density at radius 3 is 2.62 bits per heavy atom. The van der Waals surface area contributed by atoms with Crippen molar-refractivity contribution in [3.05, 3.63) is 35.0 Å². The fraction of sp³-hybridized carbons (Fsp3) is 0.438. The Kier molecular flexibility index (Phi) is 5.74. The predicted molar refractivity (Wildman–Crippen MR) is 95.2 cm³/mol. The van der Waals surface area contributed by atoms with Crippen LogP contribution in [0, 0.1) is 6.92 Å². The molecule has 0 radical (unpaired) electrons. The van der Waals surface area contributed by atoms with Crippen molar-refractivity contribution in [1.29, 1.82) is 0 Å². The molecule has 0 aromatic carbocycles. The summed E-state index contributed by atoms with van der Waals surface area (Å²) in [5.74, 6) is -0.765. The summed E-state index contributed by atoms with van der Waals surface area (Å²) in [4.78, 5) is 23.7. The number of thiophene rings is 1. The second-order valence-electron chi connectivity index (χ2n) is 5.93. The van der Waals surface area contributed by atoms with E-state index in [-0.39, 0.29) is 18.0 Å². The second-order valence-corrected chi connectivity index (χ2v) is 6.85.